The van der Waals surface area contributed by atoms with Crippen molar-refractivity contribution in [3.05, 3.63) is 46.6 Å². The predicted molar refractivity (Wildman–Crippen MR) is 114 cm³/mol. The number of hydrogen-bond donors (Lipinski definition) is 0. The number of thiazole rings is 1. The zero-order chi connectivity index (χ0) is 23.5. The van der Waals surface area contributed by atoms with E-state index in [2.05, 4.69) is 14.6 Å². The molecule has 5 rings (SSSR count). The van der Waals surface area contributed by atoms with E-state index < -0.39 is 33.1 Å². The van der Waals surface area contributed by atoms with Crippen molar-refractivity contribution in [1.29, 1.82) is 0 Å². The van der Waals surface area contributed by atoms with Crippen molar-refractivity contribution in [2.75, 3.05) is 13.1 Å². The molecule has 0 N–H and O–H groups in total. The molecule has 0 amide bonds. The highest BCUT2D eigenvalue weighted by Crippen LogP contribution is 2.36. The second kappa shape index (κ2) is 7.72. The van der Waals surface area contributed by atoms with Gasteiger partial charge in [0.05, 0.1) is 5.52 Å². The van der Waals surface area contributed by atoms with Gasteiger partial charge in [-0.15, -0.1) is 11.3 Å². The molecule has 0 saturated carbocycles. The Balaban J connectivity index is 1.74. The molecule has 1 aromatic carbocycles. The summed E-state index contributed by atoms with van der Waals surface area (Å²) in [6, 6.07) is 5.90. The van der Waals surface area contributed by atoms with Crippen LogP contribution in [0.15, 0.2) is 40.9 Å². The van der Waals surface area contributed by atoms with Crippen LogP contribution in [0.2, 0.25) is 5.15 Å². The van der Waals surface area contributed by atoms with Gasteiger partial charge in [-0.3, -0.25) is 9.30 Å². The molecule has 0 radical (unpaired) electrons. The molecule has 1 aliphatic heterocycles. The van der Waals surface area contributed by atoms with Crippen LogP contribution in [0.25, 0.3) is 15.9 Å². The number of nitrogens with zero attached hydrogens (tertiary/aromatic N) is 4. The third-order valence-electron chi connectivity index (χ3n) is 5.29. The second-order valence-electron chi connectivity index (χ2n) is 7.38. The fourth-order valence-electron chi connectivity index (χ4n) is 3.69. The van der Waals surface area contributed by atoms with Crippen LogP contribution in [0.4, 0.5) is 13.2 Å². The molecule has 0 unspecified atom stereocenters. The first-order valence-electron chi connectivity index (χ1n) is 9.58. The lowest BCUT2D eigenvalue weighted by Crippen LogP contribution is -2.36. The highest BCUT2D eigenvalue weighted by Gasteiger charge is 2.43. The van der Waals surface area contributed by atoms with Crippen molar-refractivity contribution in [2.45, 2.75) is 24.2 Å². The van der Waals surface area contributed by atoms with Gasteiger partial charge in [0.1, 0.15) is 0 Å². The van der Waals surface area contributed by atoms with Crippen molar-refractivity contribution in [3.63, 3.8) is 0 Å². The lowest BCUT2D eigenvalue weighted by Gasteiger charge is -2.30. The Kier molecular flexibility index (Phi) is 5.19. The fourth-order valence-corrected chi connectivity index (χ4v) is 6.55. The molecule has 8 nitrogen and oxygen atoms in total. The highest BCUT2D eigenvalue weighted by molar-refractivity contribution is 7.90. The standard InChI is InChI=1S/C19H14ClF3N4O4S2/c20-15-16(26-7-8-32-18(26)24-15)33(29,30)27-13-4-1-3-11(10-25-5-2-6-25)12(13)9-14(27)31-17(28)19(21,22)23/h1,3-4,7-9H,2,5-6,10H2. The molecule has 3 aromatic heterocycles. The van der Waals surface area contributed by atoms with E-state index in [-0.39, 0.29) is 15.6 Å². The average Bonchev–Trinajstić information content (AvgIpc) is 3.35. The molecule has 4 aromatic rings. The summed E-state index contributed by atoms with van der Waals surface area (Å²) in [5.41, 5.74) is 0.741. The molecule has 1 fully saturated rings. The van der Waals surface area contributed by atoms with E-state index in [9.17, 15) is 26.4 Å². The number of alkyl halides is 3. The summed E-state index contributed by atoms with van der Waals surface area (Å²) in [6.07, 6.45) is -2.87. The van der Waals surface area contributed by atoms with Crippen molar-refractivity contribution < 1.29 is 31.1 Å². The largest absolute Gasteiger partial charge is 0.491 e. The van der Waals surface area contributed by atoms with E-state index in [1.165, 1.54) is 16.7 Å². The van der Waals surface area contributed by atoms with Crippen LogP contribution in [-0.2, 0) is 21.4 Å². The van der Waals surface area contributed by atoms with Gasteiger partial charge in [0.25, 0.3) is 10.0 Å². The van der Waals surface area contributed by atoms with Crippen molar-refractivity contribution in [3.8, 4) is 5.88 Å². The Bertz CT molecular complexity index is 1500. The molecular formula is C19H14ClF3N4O4S2. The predicted octanol–water partition coefficient (Wildman–Crippen LogP) is 3.91. The number of hydrogen-bond acceptors (Lipinski definition) is 7. The number of carbonyl (C=O) groups excluding carboxylic acids is 1. The van der Waals surface area contributed by atoms with E-state index in [1.54, 1.807) is 17.5 Å². The summed E-state index contributed by atoms with van der Waals surface area (Å²) in [7, 11) is -4.63. The third-order valence-corrected chi connectivity index (χ3v) is 8.16. The molecule has 0 atom stereocenters. The summed E-state index contributed by atoms with van der Waals surface area (Å²) >= 11 is 7.24. The first-order chi connectivity index (χ1) is 15.6. The molecule has 4 heterocycles. The van der Waals surface area contributed by atoms with Gasteiger partial charge in [-0.05, 0) is 31.1 Å². The number of fused-ring (bicyclic) bond motifs is 2. The monoisotopic (exact) mass is 518 g/mol. The number of esters is 1. The van der Waals surface area contributed by atoms with Crippen LogP contribution in [0.5, 0.6) is 5.88 Å². The summed E-state index contributed by atoms with van der Waals surface area (Å²) in [5.74, 6) is -3.32. The summed E-state index contributed by atoms with van der Waals surface area (Å²) in [5, 5.41) is 1.13. The topological polar surface area (TPSA) is 85.9 Å². The number of rotatable bonds is 5. The van der Waals surface area contributed by atoms with Gasteiger partial charge < -0.3 is 4.74 Å². The van der Waals surface area contributed by atoms with E-state index in [0.717, 1.165) is 36.9 Å². The van der Waals surface area contributed by atoms with Gasteiger partial charge in [-0.25, -0.2) is 13.8 Å². The van der Waals surface area contributed by atoms with Crippen LogP contribution in [0, 0.1) is 0 Å². The molecule has 33 heavy (non-hydrogen) atoms. The maximum absolute atomic E-state index is 13.7. The molecule has 1 aliphatic rings. The molecule has 0 aliphatic carbocycles. The minimum absolute atomic E-state index is 0.0549. The van der Waals surface area contributed by atoms with Gasteiger partial charge in [0, 0.05) is 29.6 Å². The summed E-state index contributed by atoms with van der Waals surface area (Å²) in [4.78, 5) is 18.0. The van der Waals surface area contributed by atoms with Gasteiger partial charge in [-0.2, -0.15) is 21.6 Å². The molecule has 1 saturated heterocycles. The van der Waals surface area contributed by atoms with Gasteiger partial charge >= 0.3 is 12.1 Å². The number of benzene rings is 1. The molecule has 0 spiro atoms. The Morgan fingerprint density at radius 3 is 2.70 bits per heavy atom. The summed E-state index contributed by atoms with van der Waals surface area (Å²) in [6.45, 7) is 2.18. The Morgan fingerprint density at radius 1 is 1.27 bits per heavy atom. The minimum Gasteiger partial charge on any atom is -0.402 e. The normalized spacial score (nSPS) is 15.3. The number of ether oxygens (including phenoxy) is 1. The number of aromatic nitrogens is 3. The third kappa shape index (κ3) is 3.68. The van der Waals surface area contributed by atoms with Crippen molar-refractivity contribution in [1.82, 2.24) is 18.3 Å². The fraction of sp³-hybridized carbons (Fsp3) is 0.263. The second-order valence-corrected chi connectivity index (χ2v) is 10.3. The Morgan fingerprint density at radius 2 is 2.03 bits per heavy atom. The lowest BCUT2D eigenvalue weighted by molar-refractivity contribution is -0.190. The number of carbonyl (C=O) groups is 1. The van der Waals surface area contributed by atoms with E-state index in [1.807, 2.05) is 0 Å². The molecule has 0 bridgehead atoms. The molecule has 174 valence electrons. The van der Waals surface area contributed by atoms with Gasteiger partial charge in [0.2, 0.25) is 10.9 Å². The quantitative estimate of drug-likeness (QED) is 0.372. The zero-order valence-electron chi connectivity index (χ0n) is 16.5. The Hall–Kier alpha value is -2.61. The van der Waals surface area contributed by atoms with Gasteiger partial charge in [0.15, 0.2) is 10.1 Å². The van der Waals surface area contributed by atoms with Crippen LogP contribution in [0.1, 0.15) is 12.0 Å². The highest BCUT2D eigenvalue weighted by atomic mass is 35.5. The molecular weight excluding hydrogens is 505 g/mol. The zero-order valence-corrected chi connectivity index (χ0v) is 18.9. The SMILES string of the molecule is O=C(Oc1cc2c(CN3CCC3)cccc2n1S(=O)(=O)c1c(Cl)nc2sccn12)C(F)(F)F. The molecule has 14 heteroatoms. The van der Waals surface area contributed by atoms with Crippen LogP contribution < -0.4 is 4.74 Å². The van der Waals surface area contributed by atoms with E-state index >= 15 is 0 Å². The Labute approximate surface area is 193 Å². The van der Waals surface area contributed by atoms with Crippen LogP contribution in [0.3, 0.4) is 0 Å². The number of likely N-dealkylation sites (tertiary alicyclic amines) is 1. The van der Waals surface area contributed by atoms with Crippen molar-refractivity contribution in [2.24, 2.45) is 0 Å². The average molecular weight is 519 g/mol. The first-order valence-corrected chi connectivity index (χ1v) is 12.3. The van der Waals surface area contributed by atoms with Crippen molar-refractivity contribution >= 4 is 54.8 Å². The maximum Gasteiger partial charge on any atom is 0.491 e. The lowest BCUT2D eigenvalue weighted by atomic mass is 10.1. The number of halogens is 4. The first kappa shape index (κ1) is 22.2. The van der Waals surface area contributed by atoms with Gasteiger partial charge in [-0.1, -0.05) is 23.7 Å². The minimum atomic E-state index is -5.32. The van der Waals surface area contributed by atoms with Crippen LogP contribution in [-0.4, -0.2) is 51.9 Å². The van der Waals surface area contributed by atoms with E-state index in [4.69, 9.17) is 11.6 Å². The number of imidazole rings is 1. The smallest absolute Gasteiger partial charge is 0.402 e. The summed E-state index contributed by atoms with van der Waals surface area (Å²) < 4.78 is 72.6. The van der Waals surface area contributed by atoms with Crippen LogP contribution >= 0.6 is 22.9 Å². The maximum atomic E-state index is 13.7. The van der Waals surface area contributed by atoms with E-state index in [0.29, 0.717) is 21.5 Å².